The molecule has 0 spiro atoms. The molecule has 0 heterocycles. The van der Waals surface area contributed by atoms with E-state index in [4.69, 9.17) is 4.74 Å². The van der Waals surface area contributed by atoms with Crippen LogP contribution in [0.4, 0.5) is 0 Å². The first-order valence-corrected chi connectivity index (χ1v) is 9.34. The quantitative estimate of drug-likeness (QED) is 0.711. The normalized spacial score (nSPS) is 11.8. The fourth-order valence-corrected chi connectivity index (χ4v) is 4.88. The van der Waals surface area contributed by atoms with E-state index in [9.17, 15) is 5.11 Å². The highest BCUT2D eigenvalue weighted by Crippen LogP contribution is 2.46. The van der Waals surface area contributed by atoms with Crippen LogP contribution in [-0.2, 0) is 5.41 Å². The van der Waals surface area contributed by atoms with Gasteiger partial charge in [-0.05, 0) is 111 Å². The van der Waals surface area contributed by atoms with E-state index in [0.29, 0.717) is 5.75 Å². The number of phenols is 1. The molecule has 2 nitrogen and oxygen atoms in total. The molecule has 2 aromatic rings. The van der Waals surface area contributed by atoms with Gasteiger partial charge in [-0.25, -0.2) is 0 Å². The van der Waals surface area contributed by atoms with Gasteiger partial charge in [-0.3, -0.25) is 0 Å². The zero-order chi connectivity index (χ0) is 20.1. The Morgan fingerprint density at radius 2 is 0.885 bits per heavy atom. The van der Waals surface area contributed by atoms with Crippen LogP contribution >= 0.6 is 0 Å². The van der Waals surface area contributed by atoms with E-state index in [-0.39, 0.29) is 5.41 Å². The van der Waals surface area contributed by atoms with Gasteiger partial charge in [0.15, 0.2) is 0 Å². The van der Waals surface area contributed by atoms with E-state index >= 15 is 0 Å². The molecule has 0 bridgehead atoms. The van der Waals surface area contributed by atoms with Crippen molar-refractivity contribution in [1.82, 2.24) is 0 Å². The summed E-state index contributed by atoms with van der Waals surface area (Å²) in [6.07, 6.45) is 0. The second-order valence-corrected chi connectivity index (χ2v) is 8.26. The average molecular weight is 355 g/mol. The van der Waals surface area contributed by atoms with Crippen molar-refractivity contribution in [2.45, 2.75) is 74.7 Å². The summed E-state index contributed by atoms with van der Waals surface area (Å²) in [6.45, 7) is 21.6. The number of ether oxygens (including phenoxy) is 1. The Labute approximate surface area is 159 Å². The summed E-state index contributed by atoms with van der Waals surface area (Å²) in [5.74, 6) is 1.42. The highest BCUT2D eigenvalue weighted by Gasteiger charge is 2.33. The maximum atomic E-state index is 10.5. The Morgan fingerprint density at radius 3 is 1.19 bits per heavy atom. The molecule has 0 radical (unpaired) electrons. The van der Waals surface area contributed by atoms with Crippen molar-refractivity contribution in [2.75, 3.05) is 7.11 Å². The molecule has 26 heavy (non-hydrogen) atoms. The first-order valence-electron chi connectivity index (χ1n) is 9.34. The molecule has 0 aliphatic carbocycles. The van der Waals surface area contributed by atoms with E-state index in [1.54, 1.807) is 7.11 Å². The van der Waals surface area contributed by atoms with Crippen molar-refractivity contribution in [2.24, 2.45) is 0 Å². The Bertz CT molecular complexity index is 828. The number of rotatable bonds is 3. The molecule has 0 saturated heterocycles. The van der Waals surface area contributed by atoms with Gasteiger partial charge >= 0.3 is 0 Å². The lowest BCUT2D eigenvalue weighted by atomic mass is 9.68. The molecular weight excluding hydrogens is 320 g/mol. The minimum Gasteiger partial charge on any atom is -0.507 e. The van der Waals surface area contributed by atoms with E-state index in [1.807, 2.05) is 13.8 Å². The van der Waals surface area contributed by atoms with Crippen molar-refractivity contribution in [3.05, 3.63) is 55.6 Å². The van der Waals surface area contributed by atoms with Crippen LogP contribution in [0.15, 0.2) is 0 Å². The Kier molecular flexibility index (Phi) is 5.20. The molecule has 142 valence electrons. The minimum atomic E-state index is -0.173. The van der Waals surface area contributed by atoms with Crippen LogP contribution in [0, 0.1) is 55.4 Å². The molecule has 0 saturated carbocycles. The molecule has 0 atom stereocenters. The summed E-state index contributed by atoms with van der Waals surface area (Å²) in [7, 11) is 1.75. The SMILES string of the molecule is COc1c(C)c(C)c(C(C)(C)c2c(C)c(C)c(O)c(C)c2C)c(C)c1C. The molecule has 2 heteroatoms. The van der Waals surface area contributed by atoms with Crippen LogP contribution in [0.3, 0.4) is 0 Å². The second kappa shape index (κ2) is 6.64. The van der Waals surface area contributed by atoms with E-state index in [2.05, 4.69) is 55.4 Å². The highest BCUT2D eigenvalue weighted by atomic mass is 16.5. The summed E-state index contributed by atoms with van der Waals surface area (Å²) >= 11 is 0. The summed E-state index contributed by atoms with van der Waals surface area (Å²) in [5, 5.41) is 10.5. The number of hydrogen-bond acceptors (Lipinski definition) is 2. The lowest BCUT2D eigenvalue weighted by molar-refractivity contribution is 0.407. The largest absolute Gasteiger partial charge is 0.507 e. The van der Waals surface area contributed by atoms with E-state index in [1.165, 1.54) is 44.5 Å². The molecule has 0 amide bonds. The van der Waals surface area contributed by atoms with Gasteiger partial charge in [-0.2, -0.15) is 0 Å². The van der Waals surface area contributed by atoms with Crippen LogP contribution in [0.5, 0.6) is 11.5 Å². The summed E-state index contributed by atoms with van der Waals surface area (Å²) in [5.41, 5.74) is 11.8. The zero-order valence-electron chi connectivity index (χ0n) is 18.4. The van der Waals surface area contributed by atoms with E-state index < -0.39 is 0 Å². The van der Waals surface area contributed by atoms with Gasteiger partial charge in [0, 0.05) is 5.41 Å². The minimum absolute atomic E-state index is 0.173. The average Bonchev–Trinajstić information content (AvgIpc) is 2.57. The molecule has 0 fully saturated rings. The first kappa shape index (κ1) is 20.4. The number of aromatic hydroxyl groups is 1. The fraction of sp³-hybridized carbons (Fsp3) is 0.500. The van der Waals surface area contributed by atoms with Gasteiger partial charge < -0.3 is 9.84 Å². The highest BCUT2D eigenvalue weighted by molar-refractivity contribution is 5.63. The van der Waals surface area contributed by atoms with Gasteiger partial charge in [0.25, 0.3) is 0 Å². The summed E-state index contributed by atoms with van der Waals surface area (Å²) in [6, 6.07) is 0. The van der Waals surface area contributed by atoms with Gasteiger partial charge in [0.2, 0.25) is 0 Å². The van der Waals surface area contributed by atoms with Crippen LogP contribution in [0.2, 0.25) is 0 Å². The van der Waals surface area contributed by atoms with Crippen LogP contribution < -0.4 is 4.74 Å². The Morgan fingerprint density at radius 1 is 0.577 bits per heavy atom. The number of phenolic OH excluding ortho intramolecular Hbond substituents is 1. The van der Waals surface area contributed by atoms with E-state index in [0.717, 1.165) is 16.9 Å². The number of benzene rings is 2. The number of hydrogen-bond donors (Lipinski definition) is 1. The van der Waals surface area contributed by atoms with Crippen molar-refractivity contribution < 1.29 is 9.84 Å². The molecule has 2 aromatic carbocycles. The van der Waals surface area contributed by atoms with Crippen LogP contribution in [0.1, 0.15) is 69.5 Å². The maximum absolute atomic E-state index is 10.5. The predicted octanol–water partition coefficient (Wildman–Crippen LogP) is 6.19. The van der Waals surface area contributed by atoms with Crippen LogP contribution in [0.25, 0.3) is 0 Å². The summed E-state index contributed by atoms with van der Waals surface area (Å²) in [4.78, 5) is 0. The zero-order valence-corrected chi connectivity index (χ0v) is 18.4. The lowest BCUT2D eigenvalue weighted by Gasteiger charge is -2.36. The first-order chi connectivity index (χ1) is 11.9. The van der Waals surface area contributed by atoms with Crippen LogP contribution in [-0.4, -0.2) is 12.2 Å². The van der Waals surface area contributed by atoms with Crippen molar-refractivity contribution in [3.8, 4) is 11.5 Å². The van der Waals surface area contributed by atoms with Gasteiger partial charge in [-0.1, -0.05) is 13.8 Å². The van der Waals surface area contributed by atoms with Crippen molar-refractivity contribution in [1.29, 1.82) is 0 Å². The molecule has 1 N–H and O–H groups in total. The molecule has 2 rings (SSSR count). The monoisotopic (exact) mass is 354 g/mol. The third-order valence-electron chi connectivity index (χ3n) is 6.60. The topological polar surface area (TPSA) is 29.5 Å². The van der Waals surface area contributed by atoms with Crippen molar-refractivity contribution in [3.63, 3.8) is 0 Å². The predicted molar refractivity (Wildman–Crippen MR) is 111 cm³/mol. The lowest BCUT2D eigenvalue weighted by Crippen LogP contribution is -2.26. The second-order valence-electron chi connectivity index (χ2n) is 8.26. The fourth-order valence-electron chi connectivity index (χ4n) is 4.88. The molecule has 0 aliphatic heterocycles. The molecular formula is C24H34O2. The molecule has 0 aliphatic rings. The maximum Gasteiger partial charge on any atom is 0.125 e. The van der Waals surface area contributed by atoms with Gasteiger partial charge in [0.05, 0.1) is 7.11 Å². The number of methoxy groups -OCH3 is 1. The van der Waals surface area contributed by atoms with Gasteiger partial charge in [-0.15, -0.1) is 0 Å². The Hall–Kier alpha value is -1.96. The summed E-state index contributed by atoms with van der Waals surface area (Å²) < 4.78 is 5.68. The molecule has 0 unspecified atom stereocenters. The third-order valence-corrected chi connectivity index (χ3v) is 6.60. The van der Waals surface area contributed by atoms with Crippen molar-refractivity contribution >= 4 is 0 Å². The third kappa shape index (κ3) is 2.71. The standard InChI is InChI=1S/C24H34O2/c1-12-16(5)22(25)17(6)13(2)20(12)24(9,10)21-14(3)18(7)23(26-11)19(8)15(21)4/h25H,1-11H3. The molecule has 0 aromatic heterocycles. The van der Waals surface area contributed by atoms with Gasteiger partial charge in [0.1, 0.15) is 11.5 Å². The smallest absolute Gasteiger partial charge is 0.125 e. The Balaban J connectivity index is 2.95.